The minimum atomic E-state index is -4.75. The van der Waals surface area contributed by atoms with Crippen molar-refractivity contribution in [1.82, 2.24) is 0 Å². The van der Waals surface area contributed by atoms with E-state index in [1.54, 1.807) is 48.5 Å². The van der Waals surface area contributed by atoms with Gasteiger partial charge in [0, 0.05) is 22.3 Å². The summed E-state index contributed by atoms with van der Waals surface area (Å²) < 4.78 is 22.3. The molecule has 0 aliphatic rings. The van der Waals surface area contributed by atoms with Gasteiger partial charge in [0.15, 0.2) is 11.6 Å². The summed E-state index contributed by atoms with van der Waals surface area (Å²) in [5.41, 5.74) is 1.85. The Bertz CT molecular complexity index is 1210. The fraction of sp³-hybridized carbons (Fsp3) is 0. The number of phosphoric ester groups is 1. The Morgan fingerprint density at radius 1 is 0.529 bits per heavy atom. The van der Waals surface area contributed by atoms with Gasteiger partial charge >= 0.3 is 37.4 Å². The van der Waals surface area contributed by atoms with E-state index >= 15 is 0 Å². The molecule has 4 aromatic carbocycles. The predicted molar refractivity (Wildman–Crippen MR) is 121 cm³/mol. The molecule has 0 aromatic heterocycles. The van der Waals surface area contributed by atoms with Gasteiger partial charge in [0.2, 0.25) is 0 Å². The maximum atomic E-state index is 12.4. The number of hydrogen-bond acceptors (Lipinski definition) is 6. The Kier molecular flexibility index (Phi) is 8.61. The van der Waals surface area contributed by atoms with Crippen LogP contribution in [0.2, 0.25) is 0 Å². The van der Waals surface area contributed by atoms with Crippen LogP contribution >= 0.6 is 7.82 Å². The van der Waals surface area contributed by atoms with Gasteiger partial charge in [-0.05, 0) is 48.5 Å². The van der Waals surface area contributed by atoms with Gasteiger partial charge in [-0.1, -0.05) is 60.7 Å². The van der Waals surface area contributed by atoms with E-state index in [9.17, 15) is 19.0 Å². The van der Waals surface area contributed by atoms with Crippen LogP contribution in [0, 0.1) is 0 Å². The Labute approximate surface area is 219 Å². The zero-order valence-electron chi connectivity index (χ0n) is 18.3. The van der Waals surface area contributed by atoms with E-state index in [1.807, 2.05) is 12.1 Å². The summed E-state index contributed by atoms with van der Waals surface area (Å²) in [6.07, 6.45) is 0. The summed E-state index contributed by atoms with van der Waals surface area (Å²) >= 11 is 0. The van der Waals surface area contributed by atoms with Crippen LogP contribution in [0.3, 0.4) is 0 Å². The molecule has 0 spiro atoms. The Morgan fingerprint density at radius 3 is 1.15 bits per heavy atom. The first-order valence-electron chi connectivity index (χ1n) is 10.0. The minimum Gasteiger partial charge on any atom is -0.736 e. The third-order valence-corrected chi connectivity index (χ3v) is 5.61. The molecule has 0 unspecified atom stereocenters. The summed E-state index contributed by atoms with van der Waals surface area (Å²) in [6.45, 7) is 0. The second-order valence-electron chi connectivity index (χ2n) is 7.07. The second kappa shape index (κ2) is 11.4. The molecule has 0 fully saturated rings. The van der Waals surface area contributed by atoms with Gasteiger partial charge in [-0.15, -0.1) is 0 Å². The zero-order chi connectivity index (χ0) is 23.3. The first-order chi connectivity index (χ1) is 15.9. The van der Waals surface area contributed by atoms with Crippen molar-refractivity contribution in [1.29, 1.82) is 0 Å². The van der Waals surface area contributed by atoms with E-state index < -0.39 is 7.82 Å². The van der Waals surface area contributed by atoms with Gasteiger partial charge in [0.05, 0.1) is 0 Å². The Balaban J connectivity index is 0.00000324. The number of benzene rings is 4. The number of hydrogen-bond donors (Lipinski definition) is 0. The van der Waals surface area contributed by atoms with Gasteiger partial charge in [0.25, 0.3) is 0 Å². The third kappa shape index (κ3) is 6.54. The molecular weight excluding hydrogens is 462 g/mol. The van der Waals surface area contributed by atoms with Crippen LogP contribution in [-0.2, 0) is 4.57 Å². The number of phosphoric acid groups is 1. The summed E-state index contributed by atoms with van der Waals surface area (Å²) in [6, 6.07) is 28.9. The average molecular weight is 480 g/mol. The SMILES string of the molecule is O=C(c1ccccc1)c1ccc(OP(=O)([O-])Oc2ccc(C(=O)c3ccccc3)cc2)cc1.[Na+]. The van der Waals surface area contributed by atoms with Crippen LogP contribution < -0.4 is 43.5 Å². The van der Waals surface area contributed by atoms with Crippen LogP contribution in [0.15, 0.2) is 109 Å². The molecule has 0 N–H and O–H groups in total. The molecule has 0 amide bonds. The van der Waals surface area contributed by atoms with Crippen molar-refractivity contribution in [3.05, 3.63) is 131 Å². The molecule has 0 saturated carbocycles. The fourth-order valence-corrected chi connectivity index (χ4v) is 3.92. The maximum Gasteiger partial charge on any atom is 1.00 e. The number of carbonyl (C=O) groups excluding carboxylic acids is 2. The number of ketones is 2. The van der Waals surface area contributed by atoms with E-state index in [1.165, 1.54) is 48.5 Å². The molecule has 6 nitrogen and oxygen atoms in total. The van der Waals surface area contributed by atoms with Crippen LogP contribution in [-0.4, -0.2) is 11.6 Å². The summed E-state index contributed by atoms with van der Waals surface area (Å²) in [5.74, 6) is -0.356. The van der Waals surface area contributed by atoms with Crippen molar-refractivity contribution >= 4 is 19.4 Å². The van der Waals surface area contributed by atoms with E-state index in [-0.39, 0.29) is 52.6 Å². The van der Waals surface area contributed by atoms with Gasteiger partial charge in [0.1, 0.15) is 11.5 Å². The fourth-order valence-electron chi connectivity index (χ4n) is 3.12. The second-order valence-corrected chi connectivity index (χ2v) is 8.33. The summed E-state index contributed by atoms with van der Waals surface area (Å²) in [7, 11) is -4.75. The molecule has 0 bridgehead atoms. The van der Waals surface area contributed by atoms with Crippen molar-refractivity contribution in [2.75, 3.05) is 0 Å². The van der Waals surface area contributed by atoms with Gasteiger partial charge in [-0.25, -0.2) is 4.57 Å². The summed E-state index contributed by atoms with van der Waals surface area (Å²) in [5, 5.41) is 0. The number of rotatable bonds is 8. The molecule has 164 valence electrons. The normalized spacial score (nSPS) is 10.6. The van der Waals surface area contributed by atoms with Gasteiger partial charge < -0.3 is 13.9 Å². The smallest absolute Gasteiger partial charge is 0.736 e. The van der Waals surface area contributed by atoms with Crippen molar-refractivity contribution in [3.8, 4) is 11.5 Å². The predicted octanol–water partition coefficient (Wildman–Crippen LogP) is 2.08. The van der Waals surface area contributed by atoms with Crippen LogP contribution in [0.1, 0.15) is 31.8 Å². The van der Waals surface area contributed by atoms with E-state index in [4.69, 9.17) is 9.05 Å². The van der Waals surface area contributed by atoms with Crippen LogP contribution in [0.25, 0.3) is 0 Å². The molecule has 0 aliphatic heterocycles. The Morgan fingerprint density at radius 2 is 0.824 bits per heavy atom. The molecule has 0 radical (unpaired) electrons. The molecule has 0 heterocycles. The molecule has 34 heavy (non-hydrogen) atoms. The molecule has 0 aliphatic carbocycles. The molecule has 4 rings (SSSR count). The first-order valence-corrected chi connectivity index (χ1v) is 11.5. The first kappa shape index (κ1) is 25.6. The standard InChI is InChI=1S/C26H19O6P.Na/c27-25(19-7-3-1-4-8-19)21-11-15-23(16-12-21)31-33(29,30)32-24-17-13-22(14-18-24)26(28)20-9-5-2-6-10-20;/h1-18H,(H,29,30);/q;+1/p-1. The maximum absolute atomic E-state index is 12.4. The van der Waals surface area contributed by atoms with Crippen molar-refractivity contribution in [2.24, 2.45) is 0 Å². The van der Waals surface area contributed by atoms with E-state index in [0.717, 1.165) is 0 Å². The Hall–Kier alpha value is -2.99. The number of carbonyl (C=O) groups is 2. The quantitative estimate of drug-likeness (QED) is 0.218. The molecular formula is C26H18NaO6P. The molecule has 4 aromatic rings. The van der Waals surface area contributed by atoms with Crippen molar-refractivity contribution in [3.63, 3.8) is 0 Å². The van der Waals surface area contributed by atoms with Crippen LogP contribution in [0.4, 0.5) is 0 Å². The van der Waals surface area contributed by atoms with E-state index in [2.05, 4.69) is 0 Å². The third-order valence-electron chi connectivity index (χ3n) is 4.74. The van der Waals surface area contributed by atoms with Gasteiger partial charge in [-0.2, -0.15) is 0 Å². The van der Waals surface area contributed by atoms with E-state index in [0.29, 0.717) is 22.3 Å². The van der Waals surface area contributed by atoms with Crippen LogP contribution in [0.5, 0.6) is 11.5 Å². The van der Waals surface area contributed by atoms with Crippen molar-refractivity contribution in [2.45, 2.75) is 0 Å². The molecule has 8 heteroatoms. The average Bonchev–Trinajstić information content (AvgIpc) is 2.85. The minimum absolute atomic E-state index is 0. The van der Waals surface area contributed by atoms with Gasteiger partial charge in [-0.3, -0.25) is 9.59 Å². The largest absolute Gasteiger partial charge is 1.00 e. The zero-order valence-corrected chi connectivity index (χ0v) is 21.2. The molecule has 0 saturated heterocycles. The monoisotopic (exact) mass is 480 g/mol. The van der Waals surface area contributed by atoms with Crippen molar-refractivity contribution < 1.29 is 57.7 Å². The molecule has 0 atom stereocenters. The summed E-state index contributed by atoms with van der Waals surface area (Å²) in [4.78, 5) is 37.2. The topological polar surface area (TPSA) is 92.7 Å².